The van der Waals surface area contributed by atoms with Gasteiger partial charge in [0.05, 0.1) is 36.0 Å². The molecule has 0 unspecified atom stereocenters. The number of aryl methyl sites for hydroxylation is 1. The summed E-state index contributed by atoms with van der Waals surface area (Å²) in [6, 6.07) is 14.3. The highest BCUT2D eigenvalue weighted by atomic mass is 35.5. The molecule has 5 rings (SSSR count). The van der Waals surface area contributed by atoms with E-state index in [1.165, 1.54) is 52.3 Å². The number of nitrogens with zero attached hydrogens (tertiary/aromatic N) is 5. The summed E-state index contributed by atoms with van der Waals surface area (Å²) in [6.45, 7) is -0.882. The van der Waals surface area contributed by atoms with Crippen molar-refractivity contribution in [2.75, 3.05) is 22.6 Å². The predicted octanol–water partition coefficient (Wildman–Crippen LogP) is 6.97. The number of carbonyl (C=O) groups excluding carboxylic acids is 2. The maximum Gasteiger partial charge on any atom is 0.387 e. The number of benzene rings is 3. The molecule has 0 atom stereocenters. The minimum absolute atomic E-state index is 0.0113. The highest BCUT2D eigenvalue weighted by molar-refractivity contribution is 8.15. The van der Waals surface area contributed by atoms with Crippen molar-refractivity contribution in [1.82, 2.24) is 14.8 Å². The lowest BCUT2D eigenvalue weighted by Crippen LogP contribution is -2.31. The predicted molar refractivity (Wildman–Crippen MR) is 166 cm³/mol. The van der Waals surface area contributed by atoms with Crippen LogP contribution in [0, 0.1) is 12.7 Å². The molecule has 0 radical (unpaired) electrons. The van der Waals surface area contributed by atoms with E-state index in [0.29, 0.717) is 22.5 Å². The van der Waals surface area contributed by atoms with Gasteiger partial charge in [0.15, 0.2) is 11.0 Å². The number of anilines is 2. The fraction of sp³-hybridized carbons (Fsp3) is 0.207. The van der Waals surface area contributed by atoms with Crippen LogP contribution in [0.25, 0.3) is 17.1 Å². The average Bonchev–Trinajstić information content (AvgIpc) is 3.62. The number of halogens is 5. The second kappa shape index (κ2) is 14.3. The third-order valence-electron chi connectivity index (χ3n) is 6.23. The van der Waals surface area contributed by atoms with Crippen molar-refractivity contribution in [3.63, 3.8) is 0 Å². The lowest BCUT2D eigenvalue weighted by atomic mass is 10.1. The lowest BCUT2D eigenvalue weighted by molar-refractivity contribution is -0.115. The zero-order valence-corrected chi connectivity index (χ0v) is 25.6. The second-order valence-electron chi connectivity index (χ2n) is 9.46. The van der Waals surface area contributed by atoms with Crippen molar-refractivity contribution < 1.29 is 32.2 Å². The van der Waals surface area contributed by atoms with Gasteiger partial charge in [0, 0.05) is 11.1 Å². The van der Waals surface area contributed by atoms with Crippen LogP contribution in [0.15, 0.2) is 72.0 Å². The second-order valence-corrected chi connectivity index (χ2v) is 11.7. The van der Waals surface area contributed by atoms with E-state index in [-0.39, 0.29) is 47.3 Å². The molecule has 1 aliphatic rings. The van der Waals surface area contributed by atoms with Gasteiger partial charge in [0.2, 0.25) is 5.91 Å². The molecule has 1 saturated heterocycles. The number of nitrogens with one attached hydrogen (secondary N) is 1. The fourth-order valence-electron chi connectivity index (χ4n) is 4.23. The minimum atomic E-state index is -2.94. The van der Waals surface area contributed by atoms with Crippen LogP contribution in [0.3, 0.4) is 0 Å². The molecule has 1 aliphatic heterocycles. The van der Waals surface area contributed by atoms with E-state index in [4.69, 9.17) is 27.9 Å². The molecule has 0 spiro atoms. The van der Waals surface area contributed by atoms with E-state index in [1.54, 1.807) is 12.1 Å². The monoisotopic (exact) mass is 678 g/mol. The molecule has 1 fully saturated rings. The van der Waals surface area contributed by atoms with Crippen LogP contribution < -0.4 is 15.0 Å². The molecule has 3 aromatic carbocycles. The SMILES string of the molecule is Cc1ccc(COCC(Cl)Cl)c(N2C(=O)CS/C2=N\C(=O)Nc2ccc(-c3ncn(-c4ccc(OC(F)F)cc4)n3)cc2F)c1. The molecule has 0 bridgehead atoms. The molecule has 16 heteroatoms. The number of aliphatic imine (C=N–C) groups is 1. The number of thioether (sulfide) groups is 1. The topological polar surface area (TPSA) is 111 Å². The van der Waals surface area contributed by atoms with Crippen LogP contribution in [-0.2, 0) is 16.1 Å². The van der Waals surface area contributed by atoms with Gasteiger partial charge in [-0.15, -0.1) is 28.3 Å². The van der Waals surface area contributed by atoms with Gasteiger partial charge in [-0.2, -0.15) is 13.8 Å². The standard InChI is InChI=1S/C29H23Cl2F3N6O4S/c1-16-2-3-18(12-43-13-24(30)31)23(10-16)40-25(41)14-45-29(40)37-28(42)36-22-9-4-17(11-21(22)32)26-35-15-39(38-26)19-5-7-20(8-6-19)44-27(33)34/h2-11,15,24,27H,12-14H2,1H3,(H,36,42)/b37-29-. The molecular formula is C29H23Cl2F3N6O4S. The number of aromatic nitrogens is 3. The lowest BCUT2D eigenvalue weighted by Gasteiger charge is -2.20. The van der Waals surface area contributed by atoms with Crippen LogP contribution in [0.1, 0.15) is 11.1 Å². The number of carbonyl (C=O) groups is 2. The van der Waals surface area contributed by atoms with Gasteiger partial charge in [-0.3, -0.25) is 9.69 Å². The maximum atomic E-state index is 15.1. The van der Waals surface area contributed by atoms with Crippen molar-refractivity contribution in [3.8, 4) is 22.8 Å². The molecule has 1 N–H and O–H groups in total. The van der Waals surface area contributed by atoms with Crippen LogP contribution >= 0.6 is 35.0 Å². The van der Waals surface area contributed by atoms with E-state index >= 15 is 4.39 Å². The summed E-state index contributed by atoms with van der Waals surface area (Å²) in [5, 5.41) is 6.83. The Morgan fingerprint density at radius 1 is 1.13 bits per heavy atom. The third-order valence-corrected chi connectivity index (χ3v) is 7.41. The quantitative estimate of drug-likeness (QED) is 0.180. The van der Waals surface area contributed by atoms with Crippen molar-refractivity contribution in [2.24, 2.45) is 4.99 Å². The summed E-state index contributed by atoms with van der Waals surface area (Å²) in [5.41, 5.74) is 2.71. The summed E-state index contributed by atoms with van der Waals surface area (Å²) >= 11 is 12.6. The van der Waals surface area contributed by atoms with Gasteiger partial charge < -0.3 is 14.8 Å². The van der Waals surface area contributed by atoms with E-state index < -0.39 is 23.3 Å². The van der Waals surface area contributed by atoms with Gasteiger partial charge >= 0.3 is 12.6 Å². The molecule has 10 nitrogen and oxygen atoms in total. The van der Waals surface area contributed by atoms with Gasteiger partial charge in [0.1, 0.15) is 22.7 Å². The summed E-state index contributed by atoms with van der Waals surface area (Å²) in [6.07, 6.45) is 1.38. The van der Waals surface area contributed by atoms with Crippen LogP contribution in [-0.4, -0.2) is 55.7 Å². The highest BCUT2D eigenvalue weighted by Gasteiger charge is 2.32. The molecule has 3 amide bonds. The fourth-order valence-corrected chi connectivity index (χ4v) is 5.27. The summed E-state index contributed by atoms with van der Waals surface area (Å²) < 4.78 is 51.1. The largest absolute Gasteiger partial charge is 0.435 e. The number of alkyl halides is 4. The van der Waals surface area contributed by atoms with Gasteiger partial charge in [-0.1, -0.05) is 23.9 Å². The number of hydrogen-bond donors (Lipinski definition) is 1. The first kappa shape index (κ1) is 32.3. The summed E-state index contributed by atoms with van der Waals surface area (Å²) in [5.74, 6) is -0.828. The van der Waals surface area contributed by atoms with Crippen LogP contribution in [0.5, 0.6) is 5.75 Å². The molecule has 1 aromatic heterocycles. The van der Waals surface area contributed by atoms with Crippen molar-refractivity contribution in [3.05, 3.63) is 83.9 Å². The average molecular weight is 680 g/mol. The Bertz CT molecular complexity index is 1740. The number of urea groups is 1. The Balaban J connectivity index is 1.29. The van der Waals surface area contributed by atoms with E-state index in [0.717, 1.165) is 23.4 Å². The Hall–Kier alpha value is -4.11. The van der Waals surface area contributed by atoms with Crippen molar-refractivity contribution in [2.45, 2.75) is 25.0 Å². The zero-order chi connectivity index (χ0) is 32.1. The van der Waals surface area contributed by atoms with Gasteiger partial charge in [0.25, 0.3) is 0 Å². The molecule has 234 valence electrons. The molecular weight excluding hydrogens is 656 g/mol. The number of amides is 3. The van der Waals surface area contributed by atoms with Gasteiger partial charge in [-0.25, -0.2) is 18.9 Å². The number of amidine groups is 1. The summed E-state index contributed by atoms with van der Waals surface area (Å²) in [4.78, 5) is 34.5. The molecule has 4 aromatic rings. The third kappa shape index (κ3) is 8.14. The van der Waals surface area contributed by atoms with E-state index in [2.05, 4.69) is 25.1 Å². The highest BCUT2D eigenvalue weighted by Crippen LogP contribution is 2.32. The normalized spacial score (nSPS) is 14.2. The minimum Gasteiger partial charge on any atom is -0.435 e. The van der Waals surface area contributed by atoms with Gasteiger partial charge in [-0.05, 0) is 61.0 Å². The Morgan fingerprint density at radius 3 is 2.62 bits per heavy atom. The molecule has 0 saturated carbocycles. The number of rotatable bonds is 10. The zero-order valence-electron chi connectivity index (χ0n) is 23.3. The smallest absolute Gasteiger partial charge is 0.387 e. The van der Waals surface area contributed by atoms with E-state index in [1.807, 2.05) is 13.0 Å². The Kier molecular flexibility index (Phi) is 10.3. The van der Waals surface area contributed by atoms with Crippen molar-refractivity contribution in [1.29, 1.82) is 0 Å². The molecule has 0 aliphatic carbocycles. The molecule has 2 heterocycles. The summed E-state index contributed by atoms with van der Waals surface area (Å²) in [7, 11) is 0. The maximum absolute atomic E-state index is 15.1. The number of hydrogen-bond acceptors (Lipinski definition) is 7. The first-order chi connectivity index (χ1) is 21.6. The Morgan fingerprint density at radius 2 is 1.91 bits per heavy atom. The van der Waals surface area contributed by atoms with Crippen LogP contribution in [0.4, 0.5) is 29.3 Å². The first-order valence-electron chi connectivity index (χ1n) is 13.1. The number of ether oxygens (including phenoxy) is 2. The van der Waals surface area contributed by atoms with Crippen molar-refractivity contribution >= 4 is 63.4 Å². The van der Waals surface area contributed by atoms with Crippen LogP contribution in [0.2, 0.25) is 0 Å². The molecule has 45 heavy (non-hydrogen) atoms. The first-order valence-corrected chi connectivity index (χ1v) is 15.0. The van der Waals surface area contributed by atoms with E-state index in [9.17, 15) is 18.4 Å². The Labute approximate surface area is 269 Å².